The zero-order valence-corrected chi connectivity index (χ0v) is 13.3. The van der Waals surface area contributed by atoms with E-state index in [1.165, 1.54) is 7.11 Å². The van der Waals surface area contributed by atoms with Gasteiger partial charge in [-0.3, -0.25) is 4.79 Å². The molecule has 0 amide bonds. The second kappa shape index (κ2) is 8.97. The highest BCUT2D eigenvalue weighted by Crippen LogP contribution is 2.36. The Bertz CT molecular complexity index is 582. The van der Waals surface area contributed by atoms with E-state index in [0.717, 1.165) is 11.1 Å². The first kappa shape index (κ1) is 17.0. The molecular weight excluding hydrogens is 332 g/mol. The zero-order chi connectivity index (χ0) is 15.7. The highest BCUT2D eigenvalue weighted by atomic mass is 79.9. The fourth-order valence-corrected chi connectivity index (χ4v) is 2.27. The number of methoxy groups -OCH3 is 1. The highest BCUT2D eigenvalue weighted by Gasteiger charge is 2.15. The molecule has 1 atom stereocenters. The van der Waals surface area contributed by atoms with Crippen molar-refractivity contribution in [2.45, 2.75) is 5.92 Å². The number of phenols is 1. The number of halogens is 1. The molecule has 0 aliphatic heterocycles. The normalized spacial score (nSPS) is 10.8. The summed E-state index contributed by atoms with van der Waals surface area (Å²) < 4.78 is 4.57. The quantitative estimate of drug-likeness (QED) is 0.663. The molecule has 0 saturated carbocycles. The molecule has 21 heavy (non-hydrogen) atoms. The molecule has 110 valence electrons. The van der Waals surface area contributed by atoms with Crippen molar-refractivity contribution in [1.29, 1.82) is 0 Å². The molecule has 1 unspecified atom stereocenters. The molecule has 2 aromatic rings. The maximum atomic E-state index is 10.1. The molecule has 0 aromatic heterocycles. The van der Waals surface area contributed by atoms with E-state index < -0.39 is 0 Å². The zero-order valence-electron chi connectivity index (χ0n) is 11.7. The van der Waals surface area contributed by atoms with Gasteiger partial charge < -0.3 is 9.84 Å². The molecule has 2 aromatic carbocycles. The Morgan fingerprint density at radius 3 is 2.33 bits per heavy atom. The molecule has 0 aliphatic rings. The third-order valence-corrected chi connectivity index (χ3v) is 3.48. The van der Waals surface area contributed by atoms with Crippen molar-refractivity contribution < 1.29 is 14.6 Å². The summed E-state index contributed by atoms with van der Waals surface area (Å²) in [7, 11) is 1.31. The van der Waals surface area contributed by atoms with Crippen LogP contribution in [0.3, 0.4) is 0 Å². The summed E-state index contributed by atoms with van der Waals surface area (Å²) in [5, 5.41) is 10.1. The van der Waals surface area contributed by atoms with Crippen molar-refractivity contribution in [3.8, 4) is 5.75 Å². The number of hydrogen-bond acceptors (Lipinski definition) is 3. The lowest BCUT2D eigenvalue weighted by Crippen LogP contribution is -1.97. The molecule has 3 nitrogen and oxygen atoms in total. The van der Waals surface area contributed by atoms with E-state index in [9.17, 15) is 5.11 Å². The van der Waals surface area contributed by atoms with Crippen LogP contribution in [0.15, 0.2) is 65.7 Å². The molecule has 0 bridgehead atoms. The van der Waals surface area contributed by atoms with E-state index in [1.807, 2.05) is 54.6 Å². The van der Waals surface area contributed by atoms with Gasteiger partial charge in [-0.25, -0.2) is 0 Å². The standard InChI is InChI=1S/C15H13BrO.C2H4O2/c1-2-12(11-7-4-3-5-8-11)13-9-6-10-14(16)15(13)17;1-4-2-3/h2-10,12,17H,1H2;2H,1H3. The number of phenolic OH excluding ortho intramolecular Hbond substituents is 1. The molecule has 0 aliphatic carbocycles. The van der Waals surface area contributed by atoms with Gasteiger partial charge in [0.05, 0.1) is 11.6 Å². The van der Waals surface area contributed by atoms with Crippen molar-refractivity contribution in [3.63, 3.8) is 0 Å². The highest BCUT2D eigenvalue weighted by molar-refractivity contribution is 9.10. The molecule has 0 radical (unpaired) electrons. The third kappa shape index (κ3) is 4.76. The minimum Gasteiger partial charge on any atom is -0.506 e. The first-order valence-corrected chi connectivity index (χ1v) is 7.06. The van der Waals surface area contributed by atoms with Gasteiger partial charge in [-0.15, -0.1) is 6.58 Å². The lowest BCUT2D eigenvalue weighted by Gasteiger charge is -2.15. The molecule has 0 saturated heterocycles. The second-order valence-corrected chi connectivity index (χ2v) is 4.99. The SMILES string of the molecule is C=CC(c1ccccc1)c1cccc(Br)c1O.COC=O. The minimum absolute atomic E-state index is 0.00806. The van der Waals surface area contributed by atoms with Gasteiger partial charge in [0.2, 0.25) is 0 Å². The Labute approximate surface area is 133 Å². The summed E-state index contributed by atoms with van der Waals surface area (Å²) >= 11 is 3.33. The lowest BCUT2D eigenvalue weighted by atomic mass is 9.91. The monoisotopic (exact) mass is 348 g/mol. The smallest absolute Gasteiger partial charge is 0.292 e. The van der Waals surface area contributed by atoms with Crippen molar-refractivity contribution in [1.82, 2.24) is 0 Å². The van der Waals surface area contributed by atoms with E-state index >= 15 is 0 Å². The van der Waals surface area contributed by atoms with E-state index in [4.69, 9.17) is 4.79 Å². The van der Waals surface area contributed by atoms with Gasteiger partial charge in [0.1, 0.15) is 5.75 Å². The van der Waals surface area contributed by atoms with E-state index in [1.54, 1.807) is 0 Å². The summed E-state index contributed by atoms with van der Waals surface area (Å²) in [6.07, 6.45) is 1.84. The molecule has 0 fully saturated rings. The summed E-state index contributed by atoms with van der Waals surface area (Å²) in [6.45, 7) is 4.23. The van der Waals surface area contributed by atoms with Crippen LogP contribution in [-0.4, -0.2) is 18.7 Å². The fraction of sp³-hybridized carbons (Fsp3) is 0.118. The molecule has 4 heteroatoms. The van der Waals surface area contributed by atoms with Crippen LogP contribution in [0.2, 0.25) is 0 Å². The Kier molecular flexibility index (Phi) is 7.26. The molecular formula is C17H17BrO3. The van der Waals surface area contributed by atoms with Gasteiger partial charge in [-0.05, 0) is 27.6 Å². The summed E-state index contributed by atoms with van der Waals surface area (Å²) in [4.78, 5) is 8.95. The predicted molar refractivity (Wildman–Crippen MR) is 87.4 cm³/mol. The number of para-hydroxylation sites is 1. The van der Waals surface area contributed by atoms with Crippen LogP contribution in [0.1, 0.15) is 17.0 Å². The number of aromatic hydroxyl groups is 1. The first-order chi connectivity index (χ1) is 10.2. The molecule has 0 heterocycles. The van der Waals surface area contributed by atoms with Gasteiger partial charge >= 0.3 is 0 Å². The Morgan fingerprint density at radius 2 is 1.81 bits per heavy atom. The first-order valence-electron chi connectivity index (χ1n) is 6.27. The van der Waals surface area contributed by atoms with Gasteiger partial charge in [0.25, 0.3) is 6.47 Å². The average Bonchev–Trinajstić information content (AvgIpc) is 2.53. The predicted octanol–water partition coefficient (Wildman–Crippen LogP) is 4.26. The number of ether oxygens (including phenoxy) is 1. The number of carbonyl (C=O) groups excluding carboxylic acids is 1. The number of hydrogen-bond donors (Lipinski definition) is 1. The van der Waals surface area contributed by atoms with Crippen LogP contribution in [0.4, 0.5) is 0 Å². The summed E-state index contributed by atoms with van der Waals surface area (Å²) in [5.74, 6) is 0.287. The van der Waals surface area contributed by atoms with Crippen molar-refractivity contribution in [3.05, 3.63) is 76.8 Å². The van der Waals surface area contributed by atoms with Gasteiger partial charge in [-0.2, -0.15) is 0 Å². The van der Waals surface area contributed by atoms with Crippen molar-refractivity contribution in [2.24, 2.45) is 0 Å². The topological polar surface area (TPSA) is 46.5 Å². The van der Waals surface area contributed by atoms with Crippen molar-refractivity contribution >= 4 is 22.4 Å². The second-order valence-electron chi connectivity index (χ2n) is 4.13. The minimum atomic E-state index is 0.00806. The Hall–Kier alpha value is -2.07. The van der Waals surface area contributed by atoms with Crippen LogP contribution in [0, 0.1) is 0 Å². The van der Waals surface area contributed by atoms with Crippen LogP contribution in [-0.2, 0) is 9.53 Å². The van der Waals surface area contributed by atoms with Gasteiger partial charge in [0.15, 0.2) is 0 Å². The van der Waals surface area contributed by atoms with E-state index in [2.05, 4.69) is 27.2 Å². The fourth-order valence-electron chi connectivity index (χ4n) is 1.89. The van der Waals surface area contributed by atoms with Crippen molar-refractivity contribution in [2.75, 3.05) is 7.11 Å². The van der Waals surface area contributed by atoms with Gasteiger partial charge in [-0.1, -0.05) is 48.5 Å². The Balaban J connectivity index is 0.000000491. The maximum Gasteiger partial charge on any atom is 0.292 e. The number of rotatable bonds is 4. The van der Waals surface area contributed by atoms with Crippen LogP contribution < -0.4 is 0 Å². The Morgan fingerprint density at radius 1 is 1.19 bits per heavy atom. The molecule has 0 spiro atoms. The third-order valence-electron chi connectivity index (χ3n) is 2.84. The lowest BCUT2D eigenvalue weighted by molar-refractivity contribution is -0.126. The number of carbonyl (C=O) groups is 1. The number of allylic oxidation sites excluding steroid dienone is 1. The van der Waals surface area contributed by atoms with E-state index in [-0.39, 0.29) is 11.7 Å². The number of benzene rings is 2. The summed E-state index contributed by atoms with van der Waals surface area (Å²) in [6, 6.07) is 15.7. The van der Waals surface area contributed by atoms with Gasteiger partial charge in [0, 0.05) is 11.5 Å². The van der Waals surface area contributed by atoms with Crippen LogP contribution in [0.25, 0.3) is 0 Å². The van der Waals surface area contributed by atoms with Crippen LogP contribution >= 0.6 is 15.9 Å². The maximum absolute atomic E-state index is 10.1. The molecule has 2 rings (SSSR count). The summed E-state index contributed by atoms with van der Waals surface area (Å²) in [5.41, 5.74) is 1.98. The largest absolute Gasteiger partial charge is 0.506 e. The molecule has 1 N–H and O–H groups in total. The van der Waals surface area contributed by atoms with E-state index in [0.29, 0.717) is 10.9 Å². The van der Waals surface area contributed by atoms with Crippen LogP contribution in [0.5, 0.6) is 5.75 Å². The average molecular weight is 349 g/mol.